The van der Waals surface area contributed by atoms with E-state index in [0.29, 0.717) is 10.5 Å². The second kappa shape index (κ2) is 5.49. The average molecular weight is 365 g/mol. The number of rotatable bonds is 3. The third kappa shape index (κ3) is 4.40. The summed E-state index contributed by atoms with van der Waals surface area (Å²) in [7, 11) is -3.48. The summed E-state index contributed by atoms with van der Waals surface area (Å²) in [5.41, 5.74) is 0.207. The molecule has 17 heavy (non-hydrogen) atoms. The Balaban J connectivity index is 3.24. The highest BCUT2D eigenvalue weighted by Crippen LogP contribution is 2.19. The Morgan fingerprint density at radius 1 is 1.24 bits per heavy atom. The van der Waals surface area contributed by atoms with Crippen LogP contribution in [-0.2, 0) is 10.0 Å². The number of halogens is 1. The first-order chi connectivity index (χ1) is 7.76. The SMILES string of the molecule is CC(C)(C)NS(=O)(=O)c1ccccc1C=CI. The van der Waals surface area contributed by atoms with Gasteiger partial charge in [0.15, 0.2) is 0 Å². The van der Waals surface area contributed by atoms with Crippen LogP contribution in [0.15, 0.2) is 33.2 Å². The molecule has 0 bridgehead atoms. The zero-order valence-electron chi connectivity index (χ0n) is 10.1. The van der Waals surface area contributed by atoms with Crippen molar-refractivity contribution in [3.05, 3.63) is 33.9 Å². The van der Waals surface area contributed by atoms with Crippen LogP contribution in [-0.4, -0.2) is 14.0 Å². The predicted octanol–water partition coefficient (Wildman–Crippen LogP) is 3.17. The van der Waals surface area contributed by atoms with E-state index in [-0.39, 0.29) is 0 Å². The number of benzene rings is 1. The van der Waals surface area contributed by atoms with Crippen molar-refractivity contribution in [3.8, 4) is 0 Å². The molecule has 0 spiro atoms. The lowest BCUT2D eigenvalue weighted by atomic mass is 10.1. The summed E-state index contributed by atoms with van der Waals surface area (Å²) in [5.74, 6) is 0. The molecule has 0 radical (unpaired) electrons. The van der Waals surface area contributed by atoms with Crippen molar-refractivity contribution in [1.82, 2.24) is 4.72 Å². The van der Waals surface area contributed by atoms with Gasteiger partial charge in [0, 0.05) is 5.54 Å². The van der Waals surface area contributed by atoms with Gasteiger partial charge in [-0.25, -0.2) is 13.1 Å². The molecule has 0 heterocycles. The fraction of sp³-hybridized carbons (Fsp3) is 0.333. The van der Waals surface area contributed by atoms with Crippen molar-refractivity contribution in [1.29, 1.82) is 0 Å². The third-order valence-electron chi connectivity index (χ3n) is 1.89. The van der Waals surface area contributed by atoms with Gasteiger partial charge < -0.3 is 0 Å². The van der Waals surface area contributed by atoms with Crippen LogP contribution in [0.5, 0.6) is 0 Å². The fourth-order valence-corrected chi connectivity index (χ4v) is 3.40. The summed E-state index contributed by atoms with van der Waals surface area (Å²) >= 11 is 2.07. The van der Waals surface area contributed by atoms with E-state index < -0.39 is 15.6 Å². The van der Waals surface area contributed by atoms with Crippen LogP contribution in [0.25, 0.3) is 6.08 Å². The third-order valence-corrected chi connectivity index (χ3v) is 4.08. The Morgan fingerprint density at radius 2 is 1.82 bits per heavy atom. The summed E-state index contributed by atoms with van der Waals surface area (Å²) < 4.78 is 28.8. The smallest absolute Gasteiger partial charge is 0.207 e. The van der Waals surface area contributed by atoms with Gasteiger partial charge >= 0.3 is 0 Å². The molecule has 1 N–H and O–H groups in total. The zero-order valence-corrected chi connectivity index (χ0v) is 13.0. The second-order valence-electron chi connectivity index (χ2n) is 4.69. The van der Waals surface area contributed by atoms with Crippen LogP contribution in [0.2, 0.25) is 0 Å². The van der Waals surface area contributed by atoms with E-state index in [1.165, 1.54) is 0 Å². The largest absolute Gasteiger partial charge is 0.241 e. The van der Waals surface area contributed by atoms with Crippen molar-refractivity contribution in [2.75, 3.05) is 0 Å². The van der Waals surface area contributed by atoms with Gasteiger partial charge in [0.05, 0.1) is 4.90 Å². The van der Waals surface area contributed by atoms with Gasteiger partial charge in [0.1, 0.15) is 0 Å². The molecular weight excluding hydrogens is 349 g/mol. The molecule has 0 unspecified atom stereocenters. The molecule has 0 aromatic heterocycles. The first-order valence-corrected chi connectivity index (χ1v) is 7.89. The maximum absolute atomic E-state index is 12.2. The first-order valence-electron chi connectivity index (χ1n) is 5.16. The van der Waals surface area contributed by atoms with Crippen LogP contribution in [0.3, 0.4) is 0 Å². The molecule has 0 aliphatic rings. The molecule has 0 amide bonds. The Hall–Kier alpha value is -0.400. The van der Waals surface area contributed by atoms with E-state index in [1.54, 1.807) is 28.4 Å². The van der Waals surface area contributed by atoms with E-state index in [1.807, 2.05) is 26.8 Å². The Morgan fingerprint density at radius 3 is 2.35 bits per heavy atom. The molecule has 0 fully saturated rings. The van der Waals surface area contributed by atoms with Gasteiger partial charge in [0.2, 0.25) is 10.0 Å². The van der Waals surface area contributed by atoms with Crippen molar-refractivity contribution < 1.29 is 8.42 Å². The van der Waals surface area contributed by atoms with E-state index in [9.17, 15) is 8.42 Å². The molecule has 3 nitrogen and oxygen atoms in total. The molecule has 0 aliphatic heterocycles. The second-order valence-corrected chi connectivity index (χ2v) is 7.06. The monoisotopic (exact) mass is 365 g/mol. The molecule has 5 heteroatoms. The lowest BCUT2D eigenvalue weighted by molar-refractivity contribution is 0.491. The predicted molar refractivity (Wildman–Crippen MR) is 79.6 cm³/mol. The maximum atomic E-state index is 12.2. The number of sulfonamides is 1. The van der Waals surface area contributed by atoms with E-state index in [0.717, 1.165) is 0 Å². The fourth-order valence-electron chi connectivity index (χ4n) is 1.39. The Labute approximate surface area is 117 Å². The van der Waals surface area contributed by atoms with Crippen molar-refractivity contribution in [2.24, 2.45) is 0 Å². The van der Waals surface area contributed by atoms with Gasteiger partial charge in [-0.1, -0.05) is 40.8 Å². The minimum Gasteiger partial charge on any atom is -0.207 e. The van der Waals surface area contributed by atoms with Gasteiger partial charge in [-0.3, -0.25) is 0 Å². The summed E-state index contributed by atoms with van der Waals surface area (Å²) in [5, 5.41) is 0. The van der Waals surface area contributed by atoms with Gasteiger partial charge in [-0.2, -0.15) is 0 Å². The standard InChI is InChI=1S/C12H16INO2S/c1-12(2,3)14-17(15,16)11-7-5-4-6-10(11)8-9-13/h4-9,14H,1-3H3. The average Bonchev–Trinajstić information content (AvgIpc) is 2.15. The summed E-state index contributed by atoms with van der Waals surface area (Å²) in [6.45, 7) is 5.46. The molecule has 1 rings (SSSR count). The molecule has 94 valence electrons. The van der Waals surface area contributed by atoms with Gasteiger partial charge in [-0.15, -0.1) is 0 Å². The van der Waals surface area contributed by atoms with Crippen molar-refractivity contribution in [2.45, 2.75) is 31.2 Å². The molecule has 1 aromatic carbocycles. The minimum atomic E-state index is -3.48. The molecule has 0 aliphatic carbocycles. The Kier molecular flexibility index (Phi) is 4.74. The van der Waals surface area contributed by atoms with E-state index >= 15 is 0 Å². The topological polar surface area (TPSA) is 46.2 Å². The number of nitrogens with one attached hydrogen (secondary N) is 1. The van der Waals surface area contributed by atoms with Crippen LogP contribution < -0.4 is 4.72 Å². The summed E-state index contributed by atoms with van der Waals surface area (Å²) in [6.07, 6.45) is 1.78. The van der Waals surface area contributed by atoms with Crippen LogP contribution in [0.4, 0.5) is 0 Å². The highest BCUT2D eigenvalue weighted by Gasteiger charge is 2.23. The maximum Gasteiger partial charge on any atom is 0.241 e. The van der Waals surface area contributed by atoms with E-state index in [4.69, 9.17) is 0 Å². The zero-order chi connectivity index (χ0) is 13.1. The van der Waals surface area contributed by atoms with Gasteiger partial charge in [-0.05, 0) is 42.6 Å². The summed E-state index contributed by atoms with van der Waals surface area (Å²) in [6, 6.07) is 6.94. The lowest BCUT2D eigenvalue weighted by Gasteiger charge is -2.21. The molecule has 0 atom stereocenters. The van der Waals surface area contributed by atoms with Crippen molar-refractivity contribution in [3.63, 3.8) is 0 Å². The molecular formula is C12H16INO2S. The highest BCUT2D eigenvalue weighted by atomic mass is 127. The van der Waals surface area contributed by atoms with Gasteiger partial charge in [0.25, 0.3) is 0 Å². The van der Waals surface area contributed by atoms with Crippen molar-refractivity contribution >= 4 is 38.7 Å². The quantitative estimate of drug-likeness (QED) is 0.837. The Bertz CT molecular complexity index is 516. The first kappa shape index (κ1) is 14.7. The van der Waals surface area contributed by atoms with Crippen LogP contribution in [0.1, 0.15) is 26.3 Å². The summed E-state index contributed by atoms with van der Waals surface area (Å²) in [4.78, 5) is 0.308. The lowest BCUT2D eigenvalue weighted by Crippen LogP contribution is -2.40. The normalized spacial score (nSPS) is 13.2. The molecule has 1 aromatic rings. The highest BCUT2D eigenvalue weighted by molar-refractivity contribution is 14.1. The minimum absolute atomic E-state index is 0.308. The number of hydrogen-bond donors (Lipinski definition) is 1. The van der Waals surface area contributed by atoms with E-state index in [2.05, 4.69) is 27.3 Å². The molecule has 0 saturated heterocycles. The molecule has 0 saturated carbocycles. The number of hydrogen-bond acceptors (Lipinski definition) is 2. The van der Waals surface area contributed by atoms with Crippen LogP contribution >= 0.6 is 22.6 Å². The van der Waals surface area contributed by atoms with Crippen LogP contribution in [0, 0.1) is 0 Å².